The summed E-state index contributed by atoms with van der Waals surface area (Å²) >= 11 is 0. The molecule has 1 aromatic carbocycles. The highest BCUT2D eigenvalue weighted by Gasteiger charge is 2.25. The molecule has 0 aliphatic carbocycles. The second-order valence-corrected chi connectivity index (χ2v) is 9.07. The lowest BCUT2D eigenvalue weighted by Crippen LogP contribution is -2.39. The van der Waals surface area contributed by atoms with Gasteiger partial charge in [0.05, 0.1) is 0 Å². The fourth-order valence-electron chi connectivity index (χ4n) is 4.87. The van der Waals surface area contributed by atoms with Crippen molar-refractivity contribution < 1.29 is 4.79 Å². The van der Waals surface area contributed by atoms with Gasteiger partial charge in [-0.2, -0.15) is 5.10 Å². The van der Waals surface area contributed by atoms with Gasteiger partial charge in [0.2, 0.25) is 5.91 Å². The highest BCUT2D eigenvalue weighted by atomic mass is 16.2. The van der Waals surface area contributed by atoms with Crippen LogP contribution in [0.3, 0.4) is 0 Å². The number of nitrogens with one attached hydrogen (secondary N) is 1. The van der Waals surface area contributed by atoms with Gasteiger partial charge in [-0.05, 0) is 56.7 Å². The second-order valence-electron chi connectivity index (χ2n) is 9.07. The molecule has 2 aliphatic rings. The highest BCUT2D eigenvalue weighted by Crippen LogP contribution is 2.22. The van der Waals surface area contributed by atoms with Gasteiger partial charge in [0, 0.05) is 38.5 Å². The molecule has 1 saturated heterocycles. The maximum atomic E-state index is 12.7. The molecular formula is C24H35N5O2. The molecule has 1 N–H and O–H groups in total. The lowest BCUT2D eigenvalue weighted by atomic mass is 9.92. The van der Waals surface area contributed by atoms with E-state index in [0.29, 0.717) is 25.4 Å². The molecule has 0 radical (unpaired) electrons. The van der Waals surface area contributed by atoms with Crippen LogP contribution in [-0.4, -0.2) is 44.3 Å². The first-order valence-corrected chi connectivity index (χ1v) is 11.8. The number of carbonyl (C=O) groups is 1. The molecule has 3 heterocycles. The number of piperidine rings is 1. The molecule has 0 saturated carbocycles. The number of hydrogen-bond acceptors (Lipinski definition) is 4. The number of likely N-dealkylation sites (tertiary alicyclic amines) is 1. The van der Waals surface area contributed by atoms with E-state index in [1.165, 1.54) is 5.56 Å². The summed E-state index contributed by atoms with van der Waals surface area (Å²) in [5, 5.41) is 7.73. The number of aryl methyl sites for hydroxylation is 2. The lowest BCUT2D eigenvalue weighted by Gasteiger charge is -2.32. The first-order valence-electron chi connectivity index (χ1n) is 11.8. The Morgan fingerprint density at radius 3 is 2.61 bits per heavy atom. The number of amides is 1. The molecule has 31 heavy (non-hydrogen) atoms. The zero-order valence-electron chi connectivity index (χ0n) is 18.6. The fraction of sp³-hybridized carbons (Fsp3) is 0.625. The highest BCUT2D eigenvalue weighted by molar-refractivity contribution is 5.76. The van der Waals surface area contributed by atoms with Gasteiger partial charge in [0.25, 0.3) is 0 Å². The van der Waals surface area contributed by atoms with Gasteiger partial charge in [0.1, 0.15) is 5.82 Å². The zero-order valence-corrected chi connectivity index (χ0v) is 18.6. The maximum Gasteiger partial charge on any atom is 0.345 e. The average molecular weight is 426 g/mol. The van der Waals surface area contributed by atoms with Crippen molar-refractivity contribution in [2.45, 2.75) is 77.5 Å². The molecule has 1 unspecified atom stereocenters. The molecule has 4 rings (SSSR count). The Morgan fingerprint density at radius 2 is 1.87 bits per heavy atom. The quantitative estimate of drug-likeness (QED) is 0.740. The van der Waals surface area contributed by atoms with Crippen LogP contribution < -0.4 is 11.0 Å². The third kappa shape index (κ3) is 5.64. The van der Waals surface area contributed by atoms with Crippen molar-refractivity contribution >= 4 is 5.91 Å². The molecule has 0 bridgehead atoms. The van der Waals surface area contributed by atoms with Crippen molar-refractivity contribution in [2.24, 2.45) is 5.92 Å². The van der Waals surface area contributed by atoms with E-state index in [2.05, 4.69) is 52.6 Å². The predicted octanol–water partition coefficient (Wildman–Crippen LogP) is 2.58. The summed E-state index contributed by atoms with van der Waals surface area (Å²) in [6, 6.07) is 10.7. The van der Waals surface area contributed by atoms with E-state index in [9.17, 15) is 9.59 Å². The van der Waals surface area contributed by atoms with E-state index in [1.807, 2.05) is 0 Å². The van der Waals surface area contributed by atoms with Crippen LogP contribution in [0.2, 0.25) is 0 Å². The zero-order chi connectivity index (χ0) is 21.6. The summed E-state index contributed by atoms with van der Waals surface area (Å²) < 4.78 is 3.38. The molecule has 7 nitrogen and oxygen atoms in total. The normalized spacial score (nSPS) is 20.2. The Bertz CT molecular complexity index is 912. The largest absolute Gasteiger partial charge is 0.353 e. The number of nitrogens with zero attached hydrogens (tertiary/aromatic N) is 4. The average Bonchev–Trinajstić information content (AvgIpc) is 2.93. The number of aromatic nitrogens is 3. The van der Waals surface area contributed by atoms with Crippen LogP contribution in [-0.2, 0) is 30.8 Å². The van der Waals surface area contributed by atoms with E-state index in [-0.39, 0.29) is 17.6 Å². The van der Waals surface area contributed by atoms with Gasteiger partial charge in [-0.15, -0.1) is 0 Å². The van der Waals surface area contributed by atoms with Gasteiger partial charge in [-0.25, -0.2) is 9.48 Å². The van der Waals surface area contributed by atoms with Crippen LogP contribution in [0.4, 0.5) is 0 Å². The number of rotatable bonds is 7. The van der Waals surface area contributed by atoms with Gasteiger partial charge < -0.3 is 5.32 Å². The molecule has 7 heteroatoms. The summed E-state index contributed by atoms with van der Waals surface area (Å²) in [6.07, 6.45) is 6.07. The van der Waals surface area contributed by atoms with Crippen molar-refractivity contribution in [1.29, 1.82) is 0 Å². The molecule has 1 aromatic heterocycles. The molecule has 1 amide bonds. The van der Waals surface area contributed by atoms with E-state index < -0.39 is 0 Å². The Kier molecular flexibility index (Phi) is 7.22. The Labute approximate surface area is 184 Å². The minimum absolute atomic E-state index is 0.00825. The van der Waals surface area contributed by atoms with E-state index in [4.69, 9.17) is 0 Å². The summed E-state index contributed by atoms with van der Waals surface area (Å²) in [4.78, 5) is 27.6. The van der Waals surface area contributed by atoms with Gasteiger partial charge in [0.15, 0.2) is 0 Å². The third-order valence-corrected chi connectivity index (χ3v) is 6.65. The van der Waals surface area contributed by atoms with Crippen LogP contribution in [0.1, 0.15) is 56.8 Å². The molecule has 1 fully saturated rings. The van der Waals surface area contributed by atoms with Crippen molar-refractivity contribution in [3.8, 4) is 0 Å². The topological polar surface area (TPSA) is 72.2 Å². The van der Waals surface area contributed by atoms with Crippen molar-refractivity contribution in [1.82, 2.24) is 24.6 Å². The van der Waals surface area contributed by atoms with Crippen LogP contribution in [0.5, 0.6) is 0 Å². The fourth-order valence-corrected chi connectivity index (χ4v) is 4.87. The Hall–Kier alpha value is -2.41. The first-order chi connectivity index (χ1) is 15.1. The number of benzene rings is 1. The van der Waals surface area contributed by atoms with Gasteiger partial charge in [-0.1, -0.05) is 37.3 Å². The first kappa shape index (κ1) is 21.8. The predicted molar refractivity (Wildman–Crippen MR) is 121 cm³/mol. The standard InChI is InChI=1S/C24H35N5O2/c1-2-13-29-24(31)28-16-12-21(8-9-22(28)26-29)25-23(30)17-19-10-14-27(15-11-19)18-20-6-4-3-5-7-20/h3-7,19,21H,2,8-18H2,1H3,(H,25,30). The number of hydrogen-bond donors (Lipinski definition) is 1. The van der Waals surface area contributed by atoms with Crippen molar-refractivity contribution in [2.75, 3.05) is 13.1 Å². The minimum Gasteiger partial charge on any atom is -0.353 e. The molecule has 1 atom stereocenters. The summed E-state index contributed by atoms with van der Waals surface area (Å²) in [7, 11) is 0. The molecule has 2 aromatic rings. The Balaban J connectivity index is 1.20. The number of carbonyl (C=O) groups excluding carboxylic acids is 1. The van der Waals surface area contributed by atoms with Crippen LogP contribution >= 0.6 is 0 Å². The molecule has 2 aliphatic heterocycles. The second kappa shape index (κ2) is 10.3. The summed E-state index contributed by atoms with van der Waals surface area (Å²) in [5.41, 5.74) is 1.35. The number of fused-ring (bicyclic) bond motifs is 1. The lowest BCUT2D eigenvalue weighted by molar-refractivity contribution is -0.123. The van der Waals surface area contributed by atoms with E-state index in [1.54, 1.807) is 9.25 Å². The van der Waals surface area contributed by atoms with Crippen molar-refractivity contribution in [3.63, 3.8) is 0 Å². The summed E-state index contributed by atoms with van der Waals surface area (Å²) in [6.45, 7) is 6.47. The van der Waals surface area contributed by atoms with Gasteiger partial charge in [-0.3, -0.25) is 14.3 Å². The van der Waals surface area contributed by atoms with Gasteiger partial charge >= 0.3 is 5.69 Å². The van der Waals surface area contributed by atoms with E-state index >= 15 is 0 Å². The Morgan fingerprint density at radius 1 is 1.10 bits per heavy atom. The molecular weight excluding hydrogens is 390 g/mol. The SMILES string of the molecule is CCCn1nc2n(c1=O)CCC(NC(=O)CC1CCN(Cc3ccccc3)CC1)CC2. The third-order valence-electron chi connectivity index (χ3n) is 6.65. The van der Waals surface area contributed by atoms with E-state index in [0.717, 1.165) is 64.0 Å². The van der Waals surface area contributed by atoms with Crippen LogP contribution in [0, 0.1) is 5.92 Å². The molecule has 0 spiro atoms. The van der Waals surface area contributed by atoms with Crippen molar-refractivity contribution in [3.05, 3.63) is 52.2 Å². The minimum atomic E-state index is -0.00825. The smallest absolute Gasteiger partial charge is 0.345 e. The summed E-state index contributed by atoms with van der Waals surface area (Å²) in [5.74, 6) is 1.49. The monoisotopic (exact) mass is 425 g/mol. The van der Waals surface area contributed by atoms with Crippen LogP contribution in [0.25, 0.3) is 0 Å². The molecule has 168 valence electrons. The maximum absolute atomic E-state index is 12.7. The van der Waals surface area contributed by atoms with Crippen LogP contribution in [0.15, 0.2) is 35.1 Å².